The van der Waals surface area contributed by atoms with Crippen LogP contribution < -0.4 is 5.32 Å². The molecular formula is C13H16FIN2. The Labute approximate surface area is 115 Å². The summed E-state index contributed by atoms with van der Waals surface area (Å²) in [6, 6.07) is 5.55. The molecule has 0 radical (unpaired) electrons. The summed E-state index contributed by atoms with van der Waals surface area (Å²) in [7, 11) is 0. The molecule has 0 amide bonds. The highest BCUT2D eigenvalue weighted by molar-refractivity contribution is 14.1. The second kappa shape index (κ2) is 4.72. The van der Waals surface area contributed by atoms with E-state index in [2.05, 4.69) is 32.8 Å². The Morgan fingerprint density at radius 3 is 2.94 bits per heavy atom. The molecule has 17 heavy (non-hydrogen) atoms. The summed E-state index contributed by atoms with van der Waals surface area (Å²) in [5.41, 5.74) is 1.08. The molecule has 2 aliphatic heterocycles. The highest BCUT2D eigenvalue weighted by atomic mass is 127. The number of halogens is 2. The molecule has 3 unspecified atom stereocenters. The summed E-state index contributed by atoms with van der Waals surface area (Å²) in [6.07, 6.45) is 2.51. The molecule has 3 atom stereocenters. The van der Waals surface area contributed by atoms with E-state index in [4.69, 9.17) is 0 Å². The molecule has 4 heteroatoms. The zero-order valence-electron chi connectivity index (χ0n) is 9.63. The molecule has 2 fully saturated rings. The SMILES string of the molecule is Fc1ccc(NC2CCN3CCC2C3)c(I)c1. The molecular weight excluding hydrogens is 330 g/mol. The van der Waals surface area contributed by atoms with Crippen molar-refractivity contribution >= 4 is 28.3 Å². The summed E-state index contributed by atoms with van der Waals surface area (Å²) < 4.78 is 14.0. The van der Waals surface area contributed by atoms with Crippen LogP contribution in [0.2, 0.25) is 0 Å². The molecule has 1 aromatic rings. The van der Waals surface area contributed by atoms with Gasteiger partial charge in [0, 0.05) is 28.4 Å². The topological polar surface area (TPSA) is 15.3 Å². The van der Waals surface area contributed by atoms with Gasteiger partial charge in [-0.3, -0.25) is 0 Å². The molecule has 1 N–H and O–H groups in total. The number of rotatable bonds is 2. The fourth-order valence-electron chi connectivity index (χ4n) is 2.95. The van der Waals surface area contributed by atoms with E-state index in [1.165, 1.54) is 38.5 Å². The van der Waals surface area contributed by atoms with E-state index in [-0.39, 0.29) is 5.82 Å². The van der Waals surface area contributed by atoms with E-state index in [9.17, 15) is 4.39 Å². The Morgan fingerprint density at radius 1 is 1.29 bits per heavy atom. The first-order chi connectivity index (χ1) is 8.22. The number of fused-ring (bicyclic) bond motifs is 2. The Bertz CT molecular complexity index is 424. The zero-order chi connectivity index (χ0) is 11.8. The van der Waals surface area contributed by atoms with Crippen molar-refractivity contribution in [1.82, 2.24) is 4.90 Å². The number of hydrogen-bond acceptors (Lipinski definition) is 2. The summed E-state index contributed by atoms with van der Waals surface area (Å²) in [6.45, 7) is 3.69. The minimum atomic E-state index is -0.157. The molecule has 1 aromatic carbocycles. The van der Waals surface area contributed by atoms with Gasteiger partial charge in [-0.05, 0) is 66.1 Å². The maximum Gasteiger partial charge on any atom is 0.124 e. The van der Waals surface area contributed by atoms with Crippen LogP contribution in [0.5, 0.6) is 0 Å². The third-order valence-electron chi connectivity index (χ3n) is 3.91. The van der Waals surface area contributed by atoms with E-state index in [1.54, 1.807) is 6.07 Å². The Balaban J connectivity index is 1.73. The van der Waals surface area contributed by atoms with Gasteiger partial charge in [0.25, 0.3) is 0 Å². The first kappa shape index (κ1) is 11.7. The van der Waals surface area contributed by atoms with Gasteiger partial charge in [-0.25, -0.2) is 4.39 Å². The van der Waals surface area contributed by atoms with Gasteiger partial charge in [-0.15, -0.1) is 0 Å². The largest absolute Gasteiger partial charge is 0.381 e. The molecule has 2 nitrogen and oxygen atoms in total. The number of piperidine rings is 1. The first-order valence-corrected chi connectivity index (χ1v) is 7.24. The highest BCUT2D eigenvalue weighted by Crippen LogP contribution is 2.30. The van der Waals surface area contributed by atoms with Gasteiger partial charge >= 0.3 is 0 Å². The number of benzene rings is 1. The molecule has 0 aromatic heterocycles. The highest BCUT2D eigenvalue weighted by Gasteiger charge is 2.34. The van der Waals surface area contributed by atoms with Crippen LogP contribution in [-0.2, 0) is 0 Å². The lowest BCUT2D eigenvalue weighted by atomic mass is 9.94. The third-order valence-corrected chi connectivity index (χ3v) is 4.80. The van der Waals surface area contributed by atoms with Crippen molar-refractivity contribution in [1.29, 1.82) is 0 Å². The average molecular weight is 346 g/mol. The van der Waals surface area contributed by atoms with Gasteiger partial charge in [0.2, 0.25) is 0 Å². The van der Waals surface area contributed by atoms with Crippen LogP contribution in [-0.4, -0.2) is 30.6 Å². The fraction of sp³-hybridized carbons (Fsp3) is 0.538. The Morgan fingerprint density at radius 2 is 2.12 bits per heavy atom. The lowest BCUT2D eigenvalue weighted by Gasteiger charge is -2.32. The maximum atomic E-state index is 13.0. The van der Waals surface area contributed by atoms with E-state index < -0.39 is 0 Å². The van der Waals surface area contributed by atoms with Gasteiger partial charge < -0.3 is 10.2 Å². The van der Waals surface area contributed by atoms with Gasteiger partial charge in [0.15, 0.2) is 0 Å². The molecule has 2 aliphatic rings. The van der Waals surface area contributed by atoms with Crippen LogP contribution in [0.15, 0.2) is 18.2 Å². The number of nitrogens with one attached hydrogen (secondary N) is 1. The molecule has 2 heterocycles. The quantitative estimate of drug-likeness (QED) is 0.829. The van der Waals surface area contributed by atoms with Crippen molar-refractivity contribution < 1.29 is 4.39 Å². The minimum absolute atomic E-state index is 0.157. The van der Waals surface area contributed by atoms with Crippen molar-refractivity contribution in [3.63, 3.8) is 0 Å². The molecule has 0 spiro atoms. The van der Waals surface area contributed by atoms with Crippen molar-refractivity contribution in [2.75, 3.05) is 25.0 Å². The van der Waals surface area contributed by atoms with Crippen LogP contribution >= 0.6 is 22.6 Å². The van der Waals surface area contributed by atoms with E-state index >= 15 is 0 Å². The van der Waals surface area contributed by atoms with Gasteiger partial charge in [0.1, 0.15) is 5.82 Å². The number of nitrogens with zero attached hydrogens (tertiary/aromatic N) is 1. The predicted molar refractivity (Wildman–Crippen MR) is 75.7 cm³/mol. The molecule has 2 bridgehead atoms. The summed E-state index contributed by atoms with van der Waals surface area (Å²) in [5.74, 6) is 0.611. The second-order valence-corrected chi connectivity index (χ2v) is 6.18. The van der Waals surface area contributed by atoms with Gasteiger partial charge in [-0.1, -0.05) is 0 Å². The second-order valence-electron chi connectivity index (χ2n) is 5.01. The van der Waals surface area contributed by atoms with Crippen molar-refractivity contribution in [3.05, 3.63) is 27.6 Å². The smallest absolute Gasteiger partial charge is 0.124 e. The predicted octanol–water partition coefficient (Wildman–Crippen LogP) is 2.94. The van der Waals surface area contributed by atoms with Crippen molar-refractivity contribution in [2.45, 2.75) is 18.9 Å². The monoisotopic (exact) mass is 346 g/mol. The van der Waals surface area contributed by atoms with Crippen LogP contribution in [0.25, 0.3) is 0 Å². The minimum Gasteiger partial charge on any atom is -0.381 e. The van der Waals surface area contributed by atoms with E-state index in [0.717, 1.165) is 15.2 Å². The van der Waals surface area contributed by atoms with Crippen molar-refractivity contribution in [3.8, 4) is 0 Å². The summed E-state index contributed by atoms with van der Waals surface area (Å²) in [5, 5.41) is 3.60. The van der Waals surface area contributed by atoms with Crippen LogP contribution in [0, 0.1) is 15.3 Å². The number of hydrogen-bond donors (Lipinski definition) is 1. The van der Waals surface area contributed by atoms with E-state index in [1.807, 2.05) is 6.07 Å². The maximum absolute atomic E-state index is 13.0. The first-order valence-electron chi connectivity index (χ1n) is 6.16. The fourth-order valence-corrected chi connectivity index (χ4v) is 3.58. The van der Waals surface area contributed by atoms with Gasteiger partial charge in [-0.2, -0.15) is 0 Å². The lowest BCUT2D eigenvalue weighted by molar-refractivity contribution is 0.255. The Hall–Kier alpha value is -0.360. The zero-order valence-corrected chi connectivity index (χ0v) is 11.8. The van der Waals surface area contributed by atoms with E-state index in [0.29, 0.717) is 6.04 Å². The summed E-state index contributed by atoms with van der Waals surface area (Å²) in [4.78, 5) is 2.54. The number of anilines is 1. The molecule has 0 aliphatic carbocycles. The van der Waals surface area contributed by atoms with Crippen LogP contribution in [0.1, 0.15) is 12.8 Å². The third kappa shape index (κ3) is 2.42. The molecule has 3 rings (SSSR count). The Kier molecular flexibility index (Phi) is 3.25. The molecule has 0 saturated carbocycles. The average Bonchev–Trinajstić information content (AvgIpc) is 2.69. The molecule has 92 valence electrons. The lowest BCUT2D eigenvalue weighted by Crippen LogP contribution is -2.39. The standard InChI is InChI=1S/C13H16FIN2/c14-10-1-2-13(11(15)7-10)16-12-4-6-17-5-3-9(12)8-17/h1-2,7,9,12,16H,3-6,8H2. The summed E-state index contributed by atoms with van der Waals surface area (Å²) >= 11 is 2.20. The van der Waals surface area contributed by atoms with Gasteiger partial charge in [0.05, 0.1) is 0 Å². The molecule has 2 saturated heterocycles. The van der Waals surface area contributed by atoms with Crippen LogP contribution in [0.4, 0.5) is 10.1 Å². The van der Waals surface area contributed by atoms with Crippen molar-refractivity contribution in [2.24, 2.45) is 5.92 Å². The van der Waals surface area contributed by atoms with Crippen LogP contribution in [0.3, 0.4) is 0 Å². The normalized spacial score (nSPS) is 31.5.